The Morgan fingerprint density at radius 2 is 1.85 bits per heavy atom. The zero-order chi connectivity index (χ0) is 22.0. The second-order valence-electron chi connectivity index (χ2n) is 8.15. The first kappa shape index (κ1) is 25.4. The van der Waals surface area contributed by atoms with E-state index in [4.69, 9.17) is 23.9 Å². The van der Waals surface area contributed by atoms with Gasteiger partial charge in [0, 0.05) is 37.9 Å². The van der Waals surface area contributed by atoms with Crippen LogP contribution in [0.2, 0.25) is 0 Å². The molecular weight excluding hydrogens is 533 g/mol. The van der Waals surface area contributed by atoms with Gasteiger partial charge in [-0.1, -0.05) is 12.1 Å². The third kappa shape index (κ3) is 8.58. The number of guanidine groups is 1. The zero-order valence-corrected chi connectivity index (χ0v) is 21.5. The summed E-state index contributed by atoms with van der Waals surface area (Å²) in [6, 6.07) is 13.8. The second kappa shape index (κ2) is 13.5. The van der Waals surface area contributed by atoms with E-state index in [1.807, 2.05) is 42.5 Å². The lowest BCUT2D eigenvalue weighted by molar-refractivity contribution is 0.123. The van der Waals surface area contributed by atoms with Crippen LogP contribution in [-0.2, 0) is 11.3 Å². The van der Waals surface area contributed by atoms with Crippen molar-refractivity contribution in [2.45, 2.75) is 32.2 Å². The Balaban J connectivity index is 0.00000306. The molecule has 2 aromatic carbocycles. The van der Waals surface area contributed by atoms with Gasteiger partial charge in [0.25, 0.3) is 0 Å². The minimum atomic E-state index is 0. The molecule has 2 aliphatic rings. The third-order valence-corrected chi connectivity index (χ3v) is 5.40. The molecule has 2 aromatic rings. The van der Waals surface area contributed by atoms with Gasteiger partial charge >= 0.3 is 0 Å². The minimum absolute atomic E-state index is 0. The van der Waals surface area contributed by atoms with Gasteiger partial charge < -0.3 is 29.6 Å². The highest BCUT2D eigenvalue weighted by Crippen LogP contribution is 2.32. The largest absolute Gasteiger partial charge is 0.497 e. The van der Waals surface area contributed by atoms with E-state index in [0.717, 1.165) is 73.0 Å². The molecule has 0 amide bonds. The molecule has 0 aromatic heterocycles. The van der Waals surface area contributed by atoms with Crippen LogP contribution in [-0.4, -0.2) is 46.0 Å². The number of benzene rings is 2. The van der Waals surface area contributed by atoms with Crippen molar-refractivity contribution in [3.8, 4) is 17.2 Å². The fraction of sp³-hybridized carbons (Fsp3) is 0.480. The highest BCUT2D eigenvalue weighted by atomic mass is 127. The van der Waals surface area contributed by atoms with E-state index >= 15 is 0 Å². The van der Waals surface area contributed by atoms with Gasteiger partial charge in [0.1, 0.15) is 5.75 Å². The average molecular weight is 567 g/mol. The molecule has 0 bridgehead atoms. The number of methoxy groups -OCH3 is 1. The standard InChI is InChI=1S/C25H33N3O4.HI/c1-29-22-9-6-19(7-10-22)17-27-25(26-12-2-13-30-18-20-4-5-20)28-21-8-11-23-24(16-21)32-15-3-14-31-23;/h6-11,16,20H,2-5,12-15,17-18H2,1H3,(H2,26,27,28);1H. The summed E-state index contributed by atoms with van der Waals surface area (Å²) in [6.45, 7) is 4.34. The molecule has 1 aliphatic carbocycles. The fourth-order valence-electron chi connectivity index (χ4n) is 3.33. The number of nitrogens with one attached hydrogen (secondary N) is 2. The summed E-state index contributed by atoms with van der Waals surface area (Å²) in [5.74, 6) is 3.90. The van der Waals surface area contributed by atoms with E-state index in [1.54, 1.807) is 7.11 Å². The molecule has 33 heavy (non-hydrogen) atoms. The van der Waals surface area contributed by atoms with Gasteiger partial charge in [-0.05, 0) is 55.0 Å². The van der Waals surface area contributed by atoms with Crippen LogP contribution in [0.1, 0.15) is 31.2 Å². The molecule has 0 unspecified atom stereocenters. The summed E-state index contributed by atoms with van der Waals surface area (Å²) >= 11 is 0. The summed E-state index contributed by atoms with van der Waals surface area (Å²) in [4.78, 5) is 4.77. The number of ether oxygens (including phenoxy) is 4. The maximum Gasteiger partial charge on any atom is 0.196 e. The first-order valence-electron chi connectivity index (χ1n) is 11.5. The van der Waals surface area contributed by atoms with Crippen LogP contribution < -0.4 is 24.8 Å². The lowest BCUT2D eigenvalue weighted by Crippen LogP contribution is -2.32. The summed E-state index contributed by atoms with van der Waals surface area (Å²) in [6.07, 6.45) is 4.45. The van der Waals surface area contributed by atoms with Crippen LogP contribution in [0, 0.1) is 5.92 Å². The number of hydrogen-bond acceptors (Lipinski definition) is 5. The van der Waals surface area contributed by atoms with Crippen LogP contribution in [0.4, 0.5) is 5.69 Å². The van der Waals surface area contributed by atoms with E-state index < -0.39 is 0 Å². The van der Waals surface area contributed by atoms with Crippen molar-refractivity contribution in [1.29, 1.82) is 0 Å². The van der Waals surface area contributed by atoms with Crippen molar-refractivity contribution in [3.63, 3.8) is 0 Å². The Morgan fingerprint density at radius 3 is 2.61 bits per heavy atom. The SMILES string of the molecule is COc1ccc(CN=C(NCCCOCC2CC2)Nc2ccc3c(c2)OCCCO3)cc1.I. The van der Waals surface area contributed by atoms with E-state index in [1.165, 1.54) is 12.8 Å². The Labute approximate surface area is 213 Å². The molecule has 1 heterocycles. The molecule has 2 N–H and O–H groups in total. The minimum Gasteiger partial charge on any atom is -0.497 e. The maximum absolute atomic E-state index is 5.82. The van der Waals surface area contributed by atoms with E-state index in [0.29, 0.717) is 19.8 Å². The topological polar surface area (TPSA) is 73.3 Å². The molecule has 7 nitrogen and oxygen atoms in total. The van der Waals surface area contributed by atoms with E-state index in [-0.39, 0.29) is 24.0 Å². The van der Waals surface area contributed by atoms with Gasteiger partial charge in [-0.2, -0.15) is 0 Å². The number of rotatable bonds is 10. The summed E-state index contributed by atoms with van der Waals surface area (Å²) in [5, 5.41) is 6.82. The average Bonchev–Trinajstić information content (AvgIpc) is 3.67. The Kier molecular flexibility index (Phi) is 10.4. The molecule has 0 saturated heterocycles. The van der Waals surface area contributed by atoms with Crippen molar-refractivity contribution in [3.05, 3.63) is 48.0 Å². The smallest absolute Gasteiger partial charge is 0.196 e. The van der Waals surface area contributed by atoms with Crippen LogP contribution in [0.25, 0.3) is 0 Å². The molecule has 1 saturated carbocycles. The molecule has 0 spiro atoms. The van der Waals surface area contributed by atoms with Crippen LogP contribution in [0.3, 0.4) is 0 Å². The summed E-state index contributed by atoms with van der Waals surface area (Å²) in [5.41, 5.74) is 2.01. The Bertz CT molecular complexity index is 888. The van der Waals surface area contributed by atoms with Gasteiger partial charge in [0.2, 0.25) is 0 Å². The quantitative estimate of drug-likeness (QED) is 0.185. The Morgan fingerprint density at radius 1 is 1.06 bits per heavy atom. The van der Waals surface area contributed by atoms with Crippen molar-refractivity contribution >= 4 is 35.6 Å². The molecule has 1 fully saturated rings. The van der Waals surface area contributed by atoms with Crippen molar-refractivity contribution in [2.24, 2.45) is 10.9 Å². The van der Waals surface area contributed by atoms with E-state index in [9.17, 15) is 0 Å². The highest BCUT2D eigenvalue weighted by Gasteiger charge is 2.20. The number of halogens is 1. The number of aliphatic imine (C=N–C) groups is 1. The summed E-state index contributed by atoms with van der Waals surface area (Å²) in [7, 11) is 1.67. The van der Waals surface area contributed by atoms with Crippen molar-refractivity contribution < 1.29 is 18.9 Å². The number of fused-ring (bicyclic) bond motifs is 1. The summed E-state index contributed by atoms with van der Waals surface area (Å²) < 4.78 is 22.5. The molecule has 180 valence electrons. The molecular formula is C25H34IN3O4. The third-order valence-electron chi connectivity index (χ3n) is 5.40. The number of hydrogen-bond donors (Lipinski definition) is 2. The van der Waals surface area contributed by atoms with E-state index in [2.05, 4.69) is 10.6 Å². The molecule has 1 aliphatic heterocycles. The molecule has 8 heteroatoms. The monoisotopic (exact) mass is 567 g/mol. The van der Waals surface area contributed by atoms with Crippen LogP contribution >= 0.6 is 24.0 Å². The normalized spacial score (nSPS) is 15.2. The van der Waals surface area contributed by atoms with Gasteiger partial charge in [-0.3, -0.25) is 0 Å². The number of anilines is 1. The van der Waals surface area contributed by atoms with Gasteiger partial charge in [0.15, 0.2) is 17.5 Å². The molecule has 4 rings (SSSR count). The van der Waals surface area contributed by atoms with Crippen LogP contribution in [0.5, 0.6) is 17.2 Å². The lowest BCUT2D eigenvalue weighted by atomic mass is 10.2. The first-order valence-corrected chi connectivity index (χ1v) is 11.5. The predicted molar refractivity (Wildman–Crippen MR) is 141 cm³/mol. The second-order valence-corrected chi connectivity index (χ2v) is 8.15. The van der Waals surface area contributed by atoms with Crippen LogP contribution in [0.15, 0.2) is 47.5 Å². The first-order chi connectivity index (χ1) is 15.8. The van der Waals surface area contributed by atoms with Gasteiger partial charge in [-0.15, -0.1) is 24.0 Å². The molecule has 0 radical (unpaired) electrons. The molecule has 0 atom stereocenters. The van der Waals surface area contributed by atoms with Gasteiger partial charge in [-0.25, -0.2) is 4.99 Å². The zero-order valence-electron chi connectivity index (χ0n) is 19.2. The lowest BCUT2D eigenvalue weighted by Gasteiger charge is -2.15. The van der Waals surface area contributed by atoms with Crippen molar-refractivity contribution in [2.75, 3.05) is 45.4 Å². The fourth-order valence-corrected chi connectivity index (χ4v) is 3.33. The maximum atomic E-state index is 5.82. The predicted octanol–water partition coefficient (Wildman–Crippen LogP) is 4.85. The van der Waals surface area contributed by atoms with Crippen molar-refractivity contribution in [1.82, 2.24) is 5.32 Å². The van der Waals surface area contributed by atoms with Gasteiger partial charge in [0.05, 0.1) is 26.9 Å². The highest BCUT2D eigenvalue weighted by molar-refractivity contribution is 14.0. The Hall–Kier alpha value is -2.20. The number of nitrogens with zero attached hydrogens (tertiary/aromatic N) is 1.